The zero-order valence-electron chi connectivity index (χ0n) is 9.70. The molecule has 2 atom stereocenters. The molecule has 1 aliphatic rings. The van der Waals surface area contributed by atoms with Crippen LogP contribution in [0.5, 0.6) is 0 Å². The van der Waals surface area contributed by atoms with Crippen LogP contribution < -0.4 is 5.73 Å². The van der Waals surface area contributed by atoms with Crippen LogP contribution in [-0.2, 0) is 0 Å². The van der Waals surface area contributed by atoms with Crippen molar-refractivity contribution in [3.05, 3.63) is 29.8 Å². The topological polar surface area (TPSA) is 29.3 Å². The molecular weight excluding hydrogens is 203 g/mol. The number of hydrogen-bond acceptors (Lipinski definition) is 2. The molecular formula is C13H19FN2. The van der Waals surface area contributed by atoms with Crippen molar-refractivity contribution in [1.82, 2.24) is 4.90 Å². The highest BCUT2D eigenvalue weighted by Crippen LogP contribution is 2.33. The number of alkyl halides is 1. The van der Waals surface area contributed by atoms with Crippen LogP contribution in [0.1, 0.15) is 24.6 Å². The summed E-state index contributed by atoms with van der Waals surface area (Å²) in [5, 5.41) is 0. The van der Waals surface area contributed by atoms with E-state index in [1.165, 1.54) is 0 Å². The second kappa shape index (κ2) is 4.83. The molecule has 1 aliphatic heterocycles. The average molecular weight is 222 g/mol. The number of halogens is 1. The Morgan fingerprint density at radius 2 is 2.31 bits per heavy atom. The Balaban J connectivity index is 2.09. The first-order valence-electron chi connectivity index (χ1n) is 5.85. The normalized spacial score (nSPS) is 24.2. The Labute approximate surface area is 96.2 Å². The molecule has 2 nitrogen and oxygen atoms in total. The lowest BCUT2D eigenvalue weighted by Crippen LogP contribution is -2.34. The van der Waals surface area contributed by atoms with E-state index in [1.807, 2.05) is 12.1 Å². The minimum absolute atomic E-state index is 0.112. The maximum absolute atomic E-state index is 14.3. The van der Waals surface area contributed by atoms with Gasteiger partial charge in [-0.3, -0.25) is 0 Å². The molecule has 1 aromatic carbocycles. The molecule has 0 radical (unpaired) electrons. The summed E-state index contributed by atoms with van der Waals surface area (Å²) in [4.78, 5) is 2.20. The minimum atomic E-state index is -0.883. The third kappa shape index (κ3) is 2.53. The van der Waals surface area contributed by atoms with Gasteiger partial charge in [-0.15, -0.1) is 0 Å². The summed E-state index contributed by atoms with van der Waals surface area (Å²) >= 11 is 0. The van der Waals surface area contributed by atoms with Crippen LogP contribution >= 0.6 is 0 Å². The Hall–Kier alpha value is -1.09. The molecule has 1 fully saturated rings. The molecule has 0 aliphatic carbocycles. The summed E-state index contributed by atoms with van der Waals surface area (Å²) in [5.41, 5.74) is 7.04. The monoisotopic (exact) mass is 222 g/mol. The van der Waals surface area contributed by atoms with Crippen molar-refractivity contribution in [3.63, 3.8) is 0 Å². The zero-order valence-corrected chi connectivity index (χ0v) is 9.70. The number of likely N-dealkylation sites (tertiary alicyclic amines) is 1. The highest BCUT2D eigenvalue weighted by molar-refractivity contribution is 5.41. The number of anilines is 1. The Kier molecular flexibility index (Phi) is 3.44. The maximum Gasteiger partial charge on any atom is 0.129 e. The Morgan fingerprint density at radius 3 is 3.00 bits per heavy atom. The van der Waals surface area contributed by atoms with Gasteiger partial charge in [-0.05, 0) is 44.1 Å². The van der Waals surface area contributed by atoms with Gasteiger partial charge in [0.1, 0.15) is 6.17 Å². The molecule has 1 saturated heterocycles. The van der Waals surface area contributed by atoms with Crippen molar-refractivity contribution in [2.75, 3.05) is 25.9 Å². The van der Waals surface area contributed by atoms with Crippen molar-refractivity contribution >= 4 is 5.69 Å². The van der Waals surface area contributed by atoms with E-state index in [1.54, 1.807) is 12.1 Å². The van der Waals surface area contributed by atoms with Crippen LogP contribution in [0.4, 0.5) is 10.1 Å². The van der Waals surface area contributed by atoms with Crippen LogP contribution in [0.2, 0.25) is 0 Å². The Bertz CT molecular complexity index is 354. The van der Waals surface area contributed by atoms with Crippen molar-refractivity contribution in [2.45, 2.75) is 19.0 Å². The van der Waals surface area contributed by atoms with E-state index in [4.69, 9.17) is 5.73 Å². The van der Waals surface area contributed by atoms with E-state index in [2.05, 4.69) is 11.9 Å². The highest BCUT2D eigenvalue weighted by atomic mass is 19.1. The van der Waals surface area contributed by atoms with Crippen molar-refractivity contribution in [1.29, 1.82) is 0 Å². The third-order valence-electron chi connectivity index (χ3n) is 3.30. The van der Waals surface area contributed by atoms with Crippen LogP contribution in [0, 0.1) is 5.92 Å². The molecule has 1 aromatic rings. The largest absolute Gasteiger partial charge is 0.399 e. The Morgan fingerprint density at radius 1 is 1.50 bits per heavy atom. The fourth-order valence-corrected chi connectivity index (χ4v) is 2.45. The number of nitrogen functional groups attached to an aromatic ring is 1. The molecule has 0 bridgehead atoms. The number of nitrogens with two attached hydrogens (primary N) is 1. The van der Waals surface area contributed by atoms with Crippen LogP contribution in [0.15, 0.2) is 24.3 Å². The van der Waals surface area contributed by atoms with E-state index in [0.29, 0.717) is 5.69 Å². The molecule has 0 aromatic heterocycles. The van der Waals surface area contributed by atoms with E-state index < -0.39 is 6.17 Å². The van der Waals surface area contributed by atoms with Crippen LogP contribution in [0.25, 0.3) is 0 Å². The first-order valence-corrected chi connectivity index (χ1v) is 5.85. The summed E-state index contributed by atoms with van der Waals surface area (Å²) < 4.78 is 14.3. The molecule has 16 heavy (non-hydrogen) atoms. The lowest BCUT2D eigenvalue weighted by molar-refractivity contribution is 0.126. The summed E-state index contributed by atoms with van der Waals surface area (Å²) in [7, 11) is 2.05. The van der Waals surface area contributed by atoms with Gasteiger partial charge in [0.15, 0.2) is 0 Å². The maximum atomic E-state index is 14.3. The summed E-state index contributed by atoms with van der Waals surface area (Å²) in [6.07, 6.45) is 1.18. The number of rotatable bonds is 2. The van der Waals surface area contributed by atoms with E-state index >= 15 is 0 Å². The quantitative estimate of drug-likeness (QED) is 0.779. The molecule has 2 rings (SSSR count). The predicted octanol–water partition coefficient (Wildman–Crippen LogP) is 2.62. The average Bonchev–Trinajstić information content (AvgIpc) is 2.28. The first-order chi connectivity index (χ1) is 7.66. The van der Waals surface area contributed by atoms with Gasteiger partial charge in [0.2, 0.25) is 0 Å². The van der Waals surface area contributed by atoms with Crippen LogP contribution in [0.3, 0.4) is 0 Å². The van der Waals surface area contributed by atoms with Gasteiger partial charge >= 0.3 is 0 Å². The lowest BCUT2D eigenvalue weighted by atomic mass is 9.89. The van der Waals surface area contributed by atoms with Crippen molar-refractivity contribution < 1.29 is 4.39 Å². The molecule has 1 heterocycles. The SMILES string of the molecule is CN1CCCC(C(F)c2cccc(N)c2)C1. The standard InChI is InChI=1S/C13H19FN2/c1-16-7-3-5-11(9-16)13(14)10-4-2-6-12(15)8-10/h2,4,6,8,11,13H,3,5,7,9,15H2,1H3. The van der Waals surface area contributed by atoms with Gasteiger partial charge in [-0.1, -0.05) is 12.1 Å². The fraction of sp³-hybridized carbons (Fsp3) is 0.538. The van der Waals surface area contributed by atoms with Crippen molar-refractivity contribution in [3.8, 4) is 0 Å². The molecule has 3 heteroatoms. The molecule has 0 spiro atoms. The second-order valence-corrected chi connectivity index (χ2v) is 4.74. The first kappa shape index (κ1) is 11.4. The number of piperidine rings is 1. The van der Waals surface area contributed by atoms with Gasteiger partial charge in [0.05, 0.1) is 0 Å². The van der Waals surface area contributed by atoms with Gasteiger partial charge < -0.3 is 10.6 Å². The molecule has 2 unspecified atom stereocenters. The molecule has 88 valence electrons. The zero-order chi connectivity index (χ0) is 11.5. The number of nitrogens with zero attached hydrogens (tertiary/aromatic N) is 1. The number of benzene rings is 1. The van der Waals surface area contributed by atoms with Gasteiger partial charge in [-0.25, -0.2) is 4.39 Å². The summed E-state index contributed by atoms with van der Waals surface area (Å²) in [5.74, 6) is 0.112. The highest BCUT2D eigenvalue weighted by Gasteiger charge is 2.26. The molecule has 2 N–H and O–H groups in total. The van der Waals surface area contributed by atoms with Gasteiger partial charge in [0, 0.05) is 18.2 Å². The smallest absolute Gasteiger partial charge is 0.129 e. The predicted molar refractivity (Wildman–Crippen MR) is 64.9 cm³/mol. The van der Waals surface area contributed by atoms with Gasteiger partial charge in [-0.2, -0.15) is 0 Å². The lowest BCUT2D eigenvalue weighted by Gasteiger charge is -2.31. The third-order valence-corrected chi connectivity index (χ3v) is 3.30. The number of hydrogen-bond donors (Lipinski definition) is 1. The minimum Gasteiger partial charge on any atom is -0.399 e. The van der Waals surface area contributed by atoms with Crippen LogP contribution in [-0.4, -0.2) is 25.0 Å². The van der Waals surface area contributed by atoms with E-state index in [-0.39, 0.29) is 5.92 Å². The van der Waals surface area contributed by atoms with Crippen molar-refractivity contribution in [2.24, 2.45) is 5.92 Å². The molecule has 0 saturated carbocycles. The molecule has 0 amide bonds. The van der Waals surface area contributed by atoms with E-state index in [0.717, 1.165) is 31.5 Å². The van der Waals surface area contributed by atoms with Gasteiger partial charge in [0.25, 0.3) is 0 Å². The fourth-order valence-electron chi connectivity index (χ4n) is 2.45. The summed E-state index contributed by atoms with van der Waals surface area (Å²) in [6, 6.07) is 7.20. The second-order valence-electron chi connectivity index (χ2n) is 4.74. The summed E-state index contributed by atoms with van der Waals surface area (Å²) in [6.45, 7) is 1.93. The van der Waals surface area contributed by atoms with E-state index in [9.17, 15) is 4.39 Å².